The molecule has 0 fully saturated rings. The van der Waals surface area contributed by atoms with Gasteiger partial charge in [-0.3, -0.25) is 9.78 Å². The van der Waals surface area contributed by atoms with Crippen LogP contribution >= 0.6 is 0 Å². The van der Waals surface area contributed by atoms with Crippen LogP contribution < -0.4 is 10.5 Å². The van der Waals surface area contributed by atoms with Gasteiger partial charge in [-0.25, -0.2) is 0 Å². The number of ether oxygens (including phenoxy) is 1. The third-order valence-corrected chi connectivity index (χ3v) is 2.67. The van der Waals surface area contributed by atoms with Crippen LogP contribution in [0.3, 0.4) is 0 Å². The van der Waals surface area contributed by atoms with Crippen molar-refractivity contribution in [1.29, 1.82) is 0 Å². The van der Waals surface area contributed by atoms with Gasteiger partial charge in [0.15, 0.2) is 5.78 Å². The first-order valence-corrected chi connectivity index (χ1v) is 5.56. The van der Waals surface area contributed by atoms with Crippen LogP contribution in [0.15, 0.2) is 48.8 Å². The van der Waals surface area contributed by atoms with E-state index >= 15 is 0 Å². The number of aromatic nitrogens is 1. The minimum absolute atomic E-state index is 0.174. The van der Waals surface area contributed by atoms with E-state index in [0.29, 0.717) is 11.3 Å². The Morgan fingerprint density at radius 2 is 2.00 bits per heavy atom. The number of nitrogens with two attached hydrogens (primary N) is 1. The van der Waals surface area contributed by atoms with E-state index in [2.05, 4.69) is 4.98 Å². The summed E-state index contributed by atoms with van der Waals surface area (Å²) in [4.78, 5) is 16.1. The Kier molecular flexibility index (Phi) is 3.69. The summed E-state index contributed by atoms with van der Waals surface area (Å²) in [5.41, 5.74) is 7.18. The summed E-state index contributed by atoms with van der Waals surface area (Å²) in [7, 11) is 1.53. The van der Waals surface area contributed by atoms with Crippen molar-refractivity contribution in [2.75, 3.05) is 7.11 Å². The van der Waals surface area contributed by atoms with Crippen molar-refractivity contribution >= 4 is 5.78 Å². The molecule has 4 heteroatoms. The molecule has 1 aromatic carbocycles. The maximum atomic E-state index is 12.2. The number of benzene rings is 1. The van der Waals surface area contributed by atoms with Gasteiger partial charge in [0.2, 0.25) is 0 Å². The smallest absolute Gasteiger partial charge is 0.185 e. The van der Waals surface area contributed by atoms with E-state index in [9.17, 15) is 4.79 Å². The van der Waals surface area contributed by atoms with Gasteiger partial charge >= 0.3 is 0 Å². The second-order valence-electron chi connectivity index (χ2n) is 3.87. The van der Waals surface area contributed by atoms with Crippen molar-refractivity contribution in [3.05, 3.63) is 59.9 Å². The number of hydrogen-bond donors (Lipinski definition) is 1. The molecule has 0 aliphatic carbocycles. The summed E-state index contributed by atoms with van der Waals surface area (Å²) in [6.45, 7) is 0. The molecular weight excluding hydrogens is 228 g/mol. The second-order valence-corrected chi connectivity index (χ2v) is 3.87. The largest absolute Gasteiger partial charge is 0.495 e. The molecule has 0 saturated carbocycles. The summed E-state index contributed by atoms with van der Waals surface area (Å²) in [5, 5.41) is 0. The lowest BCUT2D eigenvalue weighted by Gasteiger charge is -2.11. The van der Waals surface area contributed by atoms with E-state index in [1.54, 1.807) is 12.3 Å². The van der Waals surface area contributed by atoms with Gasteiger partial charge < -0.3 is 10.5 Å². The number of Topliss-reactive ketones (excluding diaryl/α,β-unsaturated/α-hetero) is 1. The Hall–Kier alpha value is -2.20. The van der Waals surface area contributed by atoms with Gasteiger partial charge in [-0.2, -0.15) is 0 Å². The van der Waals surface area contributed by atoms with Crippen molar-refractivity contribution in [1.82, 2.24) is 4.98 Å². The first-order chi connectivity index (χ1) is 8.72. The molecule has 0 saturated heterocycles. The molecule has 0 bridgehead atoms. The number of nitrogens with zero attached hydrogens (tertiary/aromatic N) is 1. The van der Waals surface area contributed by atoms with Crippen LogP contribution in [-0.4, -0.2) is 17.9 Å². The third-order valence-electron chi connectivity index (χ3n) is 2.67. The molecule has 92 valence electrons. The zero-order chi connectivity index (χ0) is 13.0. The SMILES string of the molecule is COc1cncc(C(=O)[C@H](N)c2ccccc2)c1. The molecule has 0 aliphatic heterocycles. The minimum Gasteiger partial charge on any atom is -0.495 e. The summed E-state index contributed by atoms with van der Waals surface area (Å²) >= 11 is 0. The van der Waals surface area contributed by atoms with Crippen LogP contribution in [0.1, 0.15) is 22.0 Å². The summed E-state index contributed by atoms with van der Waals surface area (Å²) < 4.78 is 5.03. The Morgan fingerprint density at radius 1 is 1.28 bits per heavy atom. The lowest BCUT2D eigenvalue weighted by molar-refractivity contribution is 0.0960. The van der Waals surface area contributed by atoms with Crippen molar-refractivity contribution in [3.8, 4) is 5.75 Å². The van der Waals surface area contributed by atoms with Gasteiger partial charge in [0.1, 0.15) is 5.75 Å². The monoisotopic (exact) mass is 242 g/mol. The quantitative estimate of drug-likeness (QED) is 0.832. The Labute approximate surface area is 105 Å². The van der Waals surface area contributed by atoms with E-state index in [4.69, 9.17) is 10.5 Å². The average molecular weight is 242 g/mol. The lowest BCUT2D eigenvalue weighted by Crippen LogP contribution is -2.21. The standard InChI is InChI=1S/C14H14N2O2/c1-18-12-7-11(8-16-9-12)14(17)13(15)10-5-3-2-4-6-10/h2-9,13H,15H2,1H3/t13-/m1/s1. The van der Waals surface area contributed by atoms with E-state index in [-0.39, 0.29) is 5.78 Å². The molecule has 2 aromatic rings. The fraction of sp³-hybridized carbons (Fsp3) is 0.143. The molecule has 1 heterocycles. The Morgan fingerprint density at radius 3 is 2.67 bits per heavy atom. The van der Waals surface area contributed by atoms with Crippen molar-refractivity contribution in [2.45, 2.75) is 6.04 Å². The fourth-order valence-electron chi connectivity index (χ4n) is 1.66. The highest BCUT2D eigenvalue weighted by atomic mass is 16.5. The third kappa shape index (κ3) is 2.55. The van der Waals surface area contributed by atoms with Crippen LogP contribution in [0.5, 0.6) is 5.75 Å². The van der Waals surface area contributed by atoms with E-state index in [1.165, 1.54) is 13.3 Å². The van der Waals surface area contributed by atoms with Gasteiger partial charge in [0.25, 0.3) is 0 Å². The zero-order valence-electron chi connectivity index (χ0n) is 10.0. The highest BCUT2D eigenvalue weighted by molar-refractivity contribution is 6.00. The molecule has 4 nitrogen and oxygen atoms in total. The van der Waals surface area contributed by atoms with Crippen LogP contribution in [0, 0.1) is 0 Å². The Bertz CT molecular complexity index is 541. The predicted molar refractivity (Wildman–Crippen MR) is 68.5 cm³/mol. The number of carbonyl (C=O) groups excluding carboxylic acids is 1. The van der Waals surface area contributed by atoms with Gasteiger partial charge in [0, 0.05) is 11.8 Å². The van der Waals surface area contributed by atoms with Crippen molar-refractivity contribution in [2.24, 2.45) is 5.73 Å². The number of pyridine rings is 1. The van der Waals surface area contributed by atoms with E-state index in [1.807, 2.05) is 30.3 Å². The maximum absolute atomic E-state index is 12.2. The number of methoxy groups -OCH3 is 1. The summed E-state index contributed by atoms with van der Waals surface area (Å²) in [6.07, 6.45) is 3.04. The molecule has 2 N–H and O–H groups in total. The molecule has 1 atom stereocenters. The first kappa shape index (κ1) is 12.3. The summed E-state index contributed by atoms with van der Waals surface area (Å²) in [5.74, 6) is 0.369. The summed E-state index contributed by atoms with van der Waals surface area (Å²) in [6, 6.07) is 10.2. The topological polar surface area (TPSA) is 65.2 Å². The van der Waals surface area contributed by atoms with Crippen LogP contribution in [0.4, 0.5) is 0 Å². The normalized spacial score (nSPS) is 11.9. The minimum atomic E-state index is -0.680. The average Bonchev–Trinajstić information content (AvgIpc) is 2.46. The molecule has 0 spiro atoms. The predicted octanol–water partition coefficient (Wildman–Crippen LogP) is 1.97. The first-order valence-electron chi connectivity index (χ1n) is 5.56. The highest BCUT2D eigenvalue weighted by Gasteiger charge is 2.18. The van der Waals surface area contributed by atoms with Crippen molar-refractivity contribution in [3.63, 3.8) is 0 Å². The lowest BCUT2D eigenvalue weighted by atomic mass is 9.99. The maximum Gasteiger partial charge on any atom is 0.185 e. The van der Waals surface area contributed by atoms with Crippen LogP contribution in [0.2, 0.25) is 0 Å². The van der Waals surface area contributed by atoms with E-state index in [0.717, 1.165) is 5.56 Å². The van der Waals surface area contributed by atoms with Crippen LogP contribution in [0.25, 0.3) is 0 Å². The highest BCUT2D eigenvalue weighted by Crippen LogP contribution is 2.18. The number of hydrogen-bond acceptors (Lipinski definition) is 4. The number of rotatable bonds is 4. The molecule has 1 aromatic heterocycles. The molecule has 2 rings (SSSR count). The fourth-order valence-corrected chi connectivity index (χ4v) is 1.66. The molecule has 18 heavy (non-hydrogen) atoms. The molecular formula is C14H14N2O2. The molecule has 0 aliphatic rings. The molecule has 0 radical (unpaired) electrons. The number of carbonyl (C=O) groups is 1. The number of ketones is 1. The second kappa shape index (κ2) is 5.42. The van der Waals surface area contributed by atoms with Gasteiger partial charge in [0.05, 0.1) is 19.3 Å². The van der Waals surface area contributed by atoms with E-state index < -0.39 is 6.04 Å². The van der Waals surface area contributed by atoms with Crippen molar-refractivity contribution < 1.29 is 9.53 Å². The van der Waals surface area contributed by atoms with Crippen LogP contribution in [-0.2, 0) is 0 Å². The Balaban J connectivity index is 2.25. The molecule has 0 amide bonds. The van der Waals surface area contributed by atoms with Gasteiger partial charge in [-0.05, 0) is 11.6 Å². The van der Waals surface area contributed by atoms with Gasteiger partial charge in [-0.15, -0.1) is 0 Å². The zero-order valence-corrected chi connectivity index (χ0v) is 10.0. The van der Waals surface area contributed by atoms with Gasteiger partial charge in [-0.1, -0.05) is 30.3 Å². The molecule has 0 unspecified atom stereocenters.